The first-order chi connectivity index (χ1) is 9.12. The molecule has 1 rings (SSSR count). The second-order valence-electron chi connectivity index (χ2n) is 3.97. The number of thioether (sulfide) groups is 1. The Kier molecular flexibility index (Phi) is 10.1. The molecule has 1 aliphatic rings. The predicted molar refractivity (Wildman–Crippen MR) is 74.9 cm³/mol. The van der Waals surface area contributed by atoms with Gasteiger partial charge in [0.2, 0.25) is 11.8 Å². The average molecular weight is 287 g/mol. The summed E-state index contributed by atoms with van der Waals surface area (Å²) < 4.78 is 0. The van der Waals surface area contributed by atoms with E-state index < -0.39 is 0 Å². The zero-order valence-corrected chi connectivity index (χ0v) is 12.3. The maximum atomic E-state index is 11.4. The lowest BCUT2D eigenvalue weighted by Crippen LogP contribution is -2.32. The van der Waals surface area contributed by atoms with Crippen LogP contribution >= 0.6 is 11.8 Å². The van der Waals surface area contributed by atoms with Crippen molar-refractivity contribution in [1.29, 1.82) is 0 Å². The van der Waals surface area contributed by atoms with Crippen LogP contribution in [0.25, 0.3) is 0 Å². The summed E-state index contributed by atoms with van der Waals surface area (Å²) in [6, 6.07) is 0. The molecule has 0 radical (unpaired) electrons. The molecule has 0 saturated carbocycles. The zero-order chi connectivity index (χ0) is 14.7. The smallest absolute Gasteiger partial charge is 0.243 e. The van der Waals surface area contributed by atoms with Crippen molar-refractivity contribution in [2.24, 2.45) is 0 Å². The van der Waals surface area contributed by atoms with E-state index in [9.17, 15) is 19.2 Å². The number of hydrogen-bond donors (Lipinski definition) is 0. The van der Waals surface area contributed by atoms with E-state index in [1.807, 2.05) is 6.92 Å². The quantitative estimate of drug-likeness (QED) is 0.402. The Morgan fingerprint density at radius 3 is 2.37 bits per heavy atom. The van der Waals surface area contributed by atoms with Crippen LogP contribution in [0.4, 0.5) is 0 Å². The van der Waals surface area contributed by atoms with Gasteiger partial charge in [-0.3, -0.25) is 14.5 Å². The second kappa shape index (κ2) is 10.7. The van der Waals surface area contributed by atoms with Crippen LogP contribution < -0.4 is 0 Å². The molecule has 1 unspecified atom stereocenters. The van der Waals surface area contributed by atoms with Crippen molar-refractivity contribution >= 4 is 36.1 Å². The standard InChI is InChI=1S/C8H11NO3S.C5H10O/c1-2-13-6-5-7(11)9(3-4-10)8(6)12;1-2-3-4-5-6/h4,6H,2-3,5H2,1H3;5H,2-4H2,1H3. The van der Waals surface area contributed by atoms with Crippen molar-refractivity contribution in [3.05, 3.63) is 0 Å². The monoisotopic (exact) mass is 287 g/mol. The molecule has 2 amide bonds. The summed E-state index contributed by atoms with van der Waals surface area (Å²) in [5, 5.41) is -0.266. The first-order valence-corrected chi connectivity index (χ1v) is 7.50. The molecular formula is C13H21NO4S. The molecule has 0 aliphatic carbocycles. The first-order valence-electron chi connectivity index (χ1n) is 6.45. The minimum absolute atomic E-state index is 0.0988. The van der Waals surface area contributed by atoms with Gasteiger partial charge in [0.15, 0.2) is 0 Å². The Bertz CT molecular complexity index is 320. The Morgan fingerprint density at radius 1 is 1.26 bits per heavy atom. The van der Waals surface area contributed by atoms with E-state index in [1.165, 1.54) is 11.8 Å². The molecule has 19 heavy (non-hydrogen) atoms. The number of unbranched alkanes of at least 4 members (excludes halogenated alkanes) is 2. The van der Waals surface area contributed by atoms with Gasteiger partial charge in [0.05, 0.1) is 11.8 Å². The van der Waals surface area contributed by atoms with Crippen molar-refractivity contribution in [2.75, 3.05) is 12.3 Å². The SMILES string of the molecule is CCCCC=O.CCSC1CC(=O)N(CC=O)C1=O. The van der Waals surface area contributed by atoms with E-state index in [2.05, 4.69) is 6.92 Å². The Hall–Kier alpha value is -1.17. The van der Waals surface area contributed by atoms with Gasteiger partial charge in [-0.1, -0.05) is 20.3 Å². The molecular weight excluding hydrogens is 266 g/mol. The van der Waals surface area contributed by atoms with E-state index in [-0.39, 0.29) is 30.0 Å². The maximum Gasteiger partial charge on any atom is 0.243 e. The van der Waals surface area contributed by atoms with Crippen molar-refractivity contribution < 1.29 is 19.2 Å². The van der Waals surface area contributed by atoms with Crippen molar-refractivity contribution in [2.45, 2.75) is 44.8 Å². The number of nitrogens with zero attached hydrogens (tertiary/aromatic N) is 1. The third-order valence-electron chi connectivity index (χ3n) is 2.50. The van der Waals surface area contributed by atoms with Gasteiger partial charge in [-0.2, -0.15) is 0 Å². The van der Waals surface area contributed by atoms with Gasteiger partial charge in [0, 0.05) is 12.8 Å². The number of imide groups is 1. The molecule has 0 aromatic rings. The van der Waals surface area contributed by atoms with Crippen LogP contribution in [0.1, 0.15) is 39.5 Å². The van der Waals surface area contributed by atoms with E-state index in [0.717, 1.165) is 36.2 Å². The normalized spacial score (nSPS) is 18.0. The molecule has 0 bridgehead atoms. The van der Waals surface area contributed by atoms with Gasteiger partial charge in [-0.05, 0) is 12.2 Å². The molecule has 1 fully saturated rings. The van der Waals surface area contributed by atoms with E-state index in [1.54, 1.807) is 0 Å². The number of aldehydes is 2. The number of amides is 2. The molecule has 0 N–H and O–H groups in total. The molecule has 6 heteroatoms. The fraction of sp³-hybridized carbons (Fsp3) is 0.692. The highest BCUT2D eigenvalue weighted by molar-refractivity contribution is 8.00. The summed E-state index contributed by atoms with van der Waals surface area (Å²) in [6.45, 7) is 3.91. The maximum absolute atomic E-state index is 11.4. The lowest BCUT2D eigenvalue weighted by atomic mass is 10.3. The lowest BCUT2D eigenvalue weighted by molar-refractivity contribution is -0.139. The third kappa shape index (κ3) is 6.52. The third-order valence-corrected chi connectivity index (χ3v) is 3.61. The molecule has 1 aliphatic heterocycles. The number of carbonyl (C=O) groups excluding carboxylic acids is 4. The number of rotatable bonds is 7. The van der Waals surface area contributed by atoms with Crippen LogP contribution in [0.15, 0.2) is 0 Å². The fourth-order valence-electron chi connectivity index (χ4n) is 1.54. The van der Waals surface area contributed by atoms with Crippen LogP contribution in [0, 0.1) is 0 Å². The van der Waals surface area contributed by atoms with Gasteiger partial charge in [-0.25, -0.2) is 0 Å². The number of carbonyl (C=O) groups is 4. The molecule has 5 nitrogen and oxygen atoms in total. The van der Waals surface area contributed by atoms with Crippen LogP contribution in [0.5, 0.6) is 0 Å². The zero-order valence-electron chi connectivity index (χ0n) is 11.5. The summed E-state index contributed by atoms with van der Waals surface area (Å²) in [5.74, 6) is 0.352. The van der Waals surface area contributed by atoms with E-state index in [4.69, 9.17) is 0 Å². The van der Waals surface area contributed by atoms with Crippen molar-refractivity contribution in [3.8, 4) is 0 Å². The summed E-state index contributed by atoms with van der Waals surface area (Å²) in [5.41, 5.74) is 0. The van der Waals surface area contributed by atoms with E-state index in [0.29, 0.717) is 6.29 Å². The highest BCUT2D eigenvalue weighted by atomic mass is 32.2. The Morgan fingerprint density at radius 2 is 1.95 bits per heavy atom. The van der Waals surface area contributed by atoms with Gasteiger partial charge < -0.3 is 9.59 Å². The molecule has 0 spiro atoms. The largest absolute Gasteiger partial charge is 0.303 e. The van der Waals surface area contributed by atoms with Crippen LogP contribution in [0.2, 0.25) is 0 Å². The predicted octanol–water partition coefficient (Wildman–Crippen LogP) is 1.44. The summed E-state index contributed by atoms with van der Waals surface area (Å²) >= 11 is 1.45. The van der Waals surface area contributed by atoms with Gasteiger partial charge >= 0.3 is 0 Å². The van der Waals surface area contributed by atoms with Crippen LogP contribution in [-0.4, -0.2) is 46.8 Å². The lowest BCUT2D eigenvalue weighted by Gasteiger charge is -2.09. The summed E-state index contributed by atoms with van der Waals surface area (Å²) in [7, 11) is 0. The topological polar surface area (TPSA) is 71.5 Å². The fourth-order valence-corrected chi connectivity index (χ4v) is 2.47. The molecule has 1 heterocycles. The van der Waals surface area contributed by atoms with Crippen molar-refractivity contribution in [1.82, 2.24) is 4.90 Å². The average Bonchev–Trinajstić information content (AvgIpc) is 2.66. The van der Waals surface area contributed by atoms with Crippen LogP contribution in [0.3, 0.4) is 0 Å². The molecule has 1 atom stereocenters. The Labute approximate surface area is 118 Å². The van der Waals surface area contributed by atoms with E-state index >= 15 is 0 Å². The minimum Gasteiger partial charge on any atom is -0.303 e. The number of hydrogen-bond acceptors (Lipinski definition) is 5. The van der Waals surface area contributed by atoms with Gasteiger partial charge in [0.25, 0.3) is 0 Å². The molecule has 0 aromatic heterocycles. The summed E-state index contributed by atoms with van der Waals surface area (Å²) in [6.07, 6.45) is 4.68. The van der Waals surface area contributed by atoms with Crippen LogP contribution in [-0.2, 0) is 19.2 Å². The molecule has 1 saturated heterocycles. The minimum atomic E-state index is -0.266. The highest BCUT2D eigenvalue weighted by Gasteiger charge is 2.37. The highest BCUT2D eigenvalue weighted by Crippen LogP contribution is 2.24. The first kappa shape index (κ1) is 17.8. The number of likely N-dealkylation sites (tertiary alicyclic amines) is 1. The van der Waals surface area contributed by atoms with Crippen molar-refractivity contribution in [3.63, 3.8) is 0 Å². The Balaban J connectivity index is 0.000000459. The van der Waals surface area contributed by atoms with Gasteiger partial charge in [-0.15, -0.1) is 11.8 Å². The summed E-state index contributed by atoms with van der Waals surface area (Å²) in [4.78, 5) is 43.4. The molecule has 108 valence electrons. The molecule has 0 aromatic carbocycles. The second-order valence-corrected chi connectivity index (χ2v) is 5.45. The van der Waals surface area contributed by atoms with Gasteiger partial charge in [0.1, 0.15) is 12.6 Å².